The fourth-order valence-corrected chi connectivity index (χ4v) is 1.01. The minimum absolute atomic E-state index is 0.528. The number of benzene rings is 1. The van der Waals surface area contributed by atoms with Gasteiger partial charge in [0.15, 0.2) is 0 Å². The van der Waals surface area contributed by atoms with E-state index in [-0.39, 0.29) is 0 Å². The summed E-state index contributed by atoms with van der Waals surface area (Å²) in [5, 5.41) is 0. The summed E-state index contributed by atoms with van der Waals surface area (Å²) >= 11 is 0. The van der Waals surface area contributed by atoms with Gasteiger partial charge in [0.25, 0.3) is 0 Å². The maximum absolute atomic E-state index is 11.4. The zero-order valence-electron chi connectivity index (χ0n) is 10.3. The Balaban J connectivity index is 2.57. The Labute approximate surface area is 101 Å². The van der Waals surface area contributed by atoms with Crippen LogP contribution >= 0.6 is 0 Å². The van der Waals surface area contributed by atoms with Crippen LogP contribution in [-0.4, -0.2) is 11.9 Å². The van der Waals surface area contributed by atoms with E-state index in [1.807, 2.05) is 30.3 Å². The summed E-state index contributed by atoms with van der Waals surface area (Å²) in [6.07, 6.45) is 2.86. The minimum Gasteiger partial charge on any atom is -0.389 e. The Bertz CT molecular complexity index is 425. The van der Waals surface area contributed by atoms with Crippen LogP contribution in [0.3, 0.4) is 0 Å². The molecule has 0 saturated carbocycles. The van der Waals surface area contributed by atoms with Crippen molar-refractivity contribution in [3.8, 4) is 0 Å². The van der Waals surface area contributed by atoms with Crippen molar-refractivity contribution in [1.82, 2.24) is 0 Å². The van der Waals surface area contributed by atoms with Gasteiger partial charge in [0, 0.05) is 6.08 Å². The number of ether oxygens (including phenoxy) is 1. The third kappa shape index (κ3) is 4.64. The van der Waals surface area contributed by atoms with Gasteiger partial charge < -0.3 is 4.74 Å². The predicted molar refractivity (Wildman–Crippen MR) is 66.0 cm³/mol. The van der Waals surface area contributed by atoms with Crippen LogP contribution in [0, 0.1) is 5.41 Å². The van der Waals surface area contributed by atoms with Crippen LogP contribution in [0.5, 0.6) is 0 Å². The zero-order valence-corrected chi connectivity index (χ0v) is 10.3. The maximum atomic E-state index is 11.4. The SMILES string of the molecule is CC(C)(C)C(=O)OC(=O)/C=C/c1ccccc1. The van der Waals surface area contributed by atoms with Gasteiger partial charge in [-0.15, -0.1) is 0 Å². The van der Waals surface area contributed by atoms with Crippen LogP contribution < -0.4 is 0 Å². The fraction of sp³-hybridized carbons (Fsp3) is 0.286. The highest BCUT2D eigenvalue weighted by molar-refractivity contribution is 5.96. The predicted octanol–water partition coefficient (Wildman–Crippen LogP) is 2.82. The molecular weight excluding hydrogens is 216 g/mol. The molecule has 0 aliphatic heterocycles. The van der Waals surface area contributed by atoms with Crippen LogP contribution in [0.1, 0.15) is 26.3 Å². The Morgan fingerprint density at radius 2 is 1.71 bits per heavy atom. The van der Waals surface area contributed by atoms with E-state index in [9.17, 15) is 9.59 Å². The molecule has 0 aliphatic rings. The van der Waals surface area contributed by atoms with E-state index in [1.165, 1.54) is 6.08 Å². The number of hydrogen-bond acceptors (Lipinski definition) is 3. The lowest BCUT2D eigenvalue weighted by atomic mass is 9.97. The first-order valence-corrected chi connectivity index (χ1v) is 5.39. The van der Waals surface area contributed by atoms with Gasteiger partial charge in [0.1, 0.15) is 0 Å². The van der Waals surface area contributed by atoms with Crippen molar-refractivity contribution in [2.75, 3.05) is 0 Å². The molecule has 0 unspecified atom stereocenters. The molecule has 0 atom stereocenters. The Kier molecular flexibility index (Phi) is 4.21. The summed E-state index contributed by atoms with van der Waals surface area (Å²) in [7, 11) is 0. The lowest BCUT2D eigenvalue weighted by molar-refractivity contribution is -0.162. The molecule has 0 heterocycles. The van der Waals surface area contributed by atoms with E-state index in [0.717, 1.165) is 5.56 Å². The smallest absolute Gasteiger partial charge is 0.338 e. The van der Waals surface area contributed by atoms with E-state index in [1.54, 1.807) is 26.8 Å². The van der Waals surface area contributed by atoms with Crippen molar-refractivity contribution in [2.24, 2.45) is 5.41 Å². The zero-order chi connectivity index (χ0) is 12.9. The molecule has 0 amide bonds. The number of esters is 2. The quantitative estimate of drug-likeness (QED) is 0.447. The molecule has 0 N–H and O–H groups in total. The van der Waals surface area contributed by atoms with Gasteiger partial charge in [-0.1, -0.05) is 30.3 Å². The van der Waals surface area contributed by atoms with Gasteiger partial charge in [0.05, 0.1) is 5.41 Å². The summed E-state index contributed by atoms with van der Waals surface area (Å²) in [6.45, 7) is 5.09. The summed E-state index contributed by atoms with van der Waals surface area (Å²) in [6, 6.07) is 9.33. The third-order valence-electron chi connectivity index (χ3n) is 2.02. The molecule has 3 heteroatoms. The van der Waals surface area contributed by atoms with Crippen LogP contribution in [0.4, 0.5) is 0 Å². The number of carbonyl (C=O) groups excluding carboxylic acids is 2. The number of rotatable bonds is 2. The van der Waals surface area contributed by atoms with Crippen molar-refractivity contribution in [3.63, 3.8) is 0 Å². The van der Waals surface area contributed by atoms with Gasteiger partial charge in [0.2, 0.25) is 0 Å². The lowest BCUT2D eigenvalue weighted by Gasteiger charge is -2.14. The van der Waals surface area contributed by atoms with Gasteiger partial charge >= 0.3 is 11.9 Å². The third-order valence-corrected chi connectivity index (χ3v) is 2.02. The van der Waals surface area contributed by atoms with E-state index < -0.39 is 17.4 Å². The van der Waals surface area contributed by atoms with Crippen molar-refractivity contribution < 1.29 is 14.3 Å². The first-order valence-electron chi connectivity index (χ1n) is 5.39. The van der Waals surface area contributed by atoms with Crippen molar-refractivity contribution in [3.05, 3.63) is 42.0 Å². The van der Waals surface area contributed by atoms with E-state index >= 15 is 0 Å². The topological polar surface area (TPSA) is 43.4 Å². The largest absolute Gasteiger partial charge is 0.389 e. The van der Waals surface area contributed by atoms with E-state index in [0.29, 0.717) is 0 Å². The molecule has 0 bridgehead atoms. The van der Waals surface area contributed by atoms with Crippen molar-refractivity contribution in [2.45, 2.75) is 20.8 Å². The van der Waals surface area contributed by atoms with Gasteiger partial charge in [-0.05, 0) is 32.4 Å². The van der Waals surface area contributed by atoms with Crippen molar-refractivity contribution >= 4 is 18.0 Å². The second-order valence-corrected chi connectivity index (χ2v) is 4.70. The maximum Gasteiger partial charge on any atom is 0.338 e. The summed E-state index contributed by atoms with van der Waals surface area (Å²) < 4.78 is 4.67. The van der Waals surface area contributed by atoms with E-state index in [2.05, 4.69) is 4.74 Å². The average Bonchev–Trinajstić information content (AvgIpc) is 2.26. The molecule has 0 aliphatic carbocycles. The first kappa shape index (κ1) is 13.2. The summed E-state index contributed by atoms with van der Waals surface area (Å²) in [5.74, 6) is -1.17. The molecule has 1 aromatic rings. The normalized spacial score (nSPS) is 11.5. The van der Waals surface area contributed by atoms with E-state index in [4.69, 9.17) is 0 Å². The molecule has 0 spiro atoms. The molecular formula is C14H16O3. The molecule has 0 fully saturated rings. The molecule has 0 aromatic heterocycles. The van der Waals surface area contributed by atoms with Gasteiger partial charge in [-0.3, -0.25) is 4.79 Å². The summed E-state index contributed by atoms with van der Waals surface area (Å²) in [5.41, 5.74) is 0.212. The number of carbonyl (C=O) groups is 2. The van der Waals surface area contributed by atoms with Gasteiger partial charge in [-0.2, -0.15) is 0 Å². The second kappa shape index (κ2) is 5.43. The van der Waals surface area contributed by atoms with Crippen LogP contribution in [-0.2, 0) is 14.3 Å². The standard InChI is InChI=1S/C14H16O3/c1-14(2,3)13(16)17-12(15)10-9-11-7-5-4-6-8-11/h4-10H,1-3H3/b10-9+. The lowest BCUT2D eigenvalue weighted by Crippen LogP contribution is -2.25. The van der Waals surface area contributed by atoms with Gasteiger partial charge in [-0.25, -0.2) is 4.79 Å². The first-order chi connectivity index (χ1) is 7.89. The second-order valence-electron chi connectivity index (χ2n) is 4.70. The minimum atomic E-state index is -0.670. The summed E-state index contributed by atoms with van der Waals surface area (Å²) in [4.78, 5) is 22.8. The molecule has 1 rings (SSSR count). The Morgan fingerprint density at radius 3 is 2.24 bits per heavy atom. The molecule has 90 valence electrons. The highest BCUT2D eigenvalue weighted by Gasteiger charge is 2.24. The molecule has 1 aromatic carbocycles. The molecule has 17 heavy (non-hydrogen) atoms. The highest BCUT2D eigenvalue weighted by atomic mass is 16.6. The highest BCUT2D eigenvalue weighted by Crippen LogP contribution is 2.15. The fourth-order valence-electron chi connectivity index (χ4n) is 1.01. The van der Waals surface area contributed by atoms with Crippen LogP contribution in [0.25, 0.3) is 6.08 Å². The van der Waals surface area contributed by atoms with Crippen LogP contribution in [0.15, 0.2) is 36.4 Å². The Hall–Kier alpha value is -1.90. The average molecular weight is 232 g/mol. The Morgan fingerprint density at radius 1 is 1.12 bits per heavy atom. The molecule has 0 radical (unpaired) electrons. The monoisotopic (exact) mass is 232 g/mol. The van der Waals surface area contributed by atoms with Crippen molar-refractivity contribution in [1.29, 1.82) is 0 Å². The number of hydrogen-bond donors (Lipinski definition) is 0. The van der Waals surface area contributed by atoms with Crippen LogP contribution in [0.2, 0.25) is 0 Å². The molecule has 3 nitrogen and oxygen atoms in total. The molecule has 0 saturated heterocycles.